The van der Waals surface area contributed by atoms with Crippen LogP contribution in [0.2, 0.25) is 0 Å². The van der Waals surface area contributed by atoms with E-state index < -0.39 is 33.2 Å². The van der Waals surface area contributed by atoms with Gasteiger partial charge < -0.3 is 14.4 Å². The molecule has 1 aromatic rings. The molecule has 0 saturated carbocycles. The molecule has 0 N–H and O–H groups in total. The molecule has 0 fully saturated rings. The van der Waals surface area contributed by atoms with Crippen molar-refractivity contribution in [1.29, 1.82) is 0 Å². The third kappa shape index (κ3) is 3.66. The van der Waals surface area contributed by atoms with Gasteiger partial charge in [0.25, 0.3) is 0 Å². The lowest BCUT2D eigenvalue weighted by Crippen LogP contribution is -2.38. The number of rotatable bonds is 6. The van der Waals surface area contributed by atoms with Crippen LogP contribution in [0, 0.1) is 5.82 Å². The van der Waals surface area contributed by atoms with Gasteiger partial charge in [0.05, 0.1) is 20.8 Å². The van der Waals surface area contributed by atoms with Crippen LogP contribution in [0.3, 0.4) is 0 Å². The average Bonchev–Trinajstić information content (AvgIpc) is 2.46. The number of halogens is 1. The third-order valence-electron chi connectivity index (χ3n) is 2.98. The molecule has 0 heterocycles. The number of carbonyl (C=O) groups excluding carboxylic acids is 1. The lowest BCUT2D eigenvalue weighted by Gasteiger charge is -2.20. The Morgan fingerprint density at radius 1 is 1.14 bits per heavy atom. The van der Waals surface area contributed by atoms with Gasteiger partial charge in [0.2, 0.25) is 15.9 Å². The largest absolute Gasteiger partial charge is 0.493 e. The maximum atomic E-state index is 14.1. The quantitative estimate of drug-likeness (QED) is 0.759. The van der Waals surface area contributed by atoms with Crippen molar-refractivity contribution in [1.82, 2.24) is 9.21 Å². The summed E-state index contributed by atoms with van der Waals surface area (Å²) in [6.07, 6.45) is 0. The fourth-order valence-electron chi connectivity index (χ4n) is 1.62. The fourth-order valence-corrected chi connectivity index (χ4v) is 2.80. The van der Waals surface area contributed by atoms with Gasteiger partial charge in [-0.25, -0.2) is 12.8 Å². The molecule has 0 aromatic heterocycles. The van der Waals surface area contributed by atoms with Crippen LogP contribution in [0.5, 0.6) is 11.5 Å². The molecule has 0 bridgehead atoms. The van der Waals surface area contributed by atoms with Gasteiger partial charge in [0.15, 0.2) is 11.5 Å². The van der Waals surface area contributed by atoms with Gasteiger partial charge in [-0.2, -0.15) is 4.31 Å². The van der Waals surface area contributed by atoms with Gasteiger partial charge in [-0.15, -0.1) is 0 Å². The van der Waals surface area contributed by atoms with Crippen molar-refractivity contribution in [2.45, 2.75) is 4.90 Å². The topological polar surface area (TPSA) is 76.2 Å². The van der Waals surface area contributed by atoms with Gasteiger partial charge in [-0.1, -0.05) is 0 Å². The summed E-state index contributed by atoms with van der Waals surface area (Å²) < 4.78 is 49.5. The number of nitrogens with zero attached hydrogens (tertiary/aromatic N) is 2. The van der Waals surface area contributed by atoms with Crippen molar-refractivity contribution < 1.29 is 27.1 Å². The van der Waals surface area contributed by atoms with Crippen LogP contribution in [-0.4, -0.2) is 65.4 Å². The predicted molar refractivity (Wildman–Crippen MR) is 78.0 cm³/mol. The molecule has 0 aliphatic rings. The van der Waals surface area contributed by atoms with Crippen molar-refractivity contribution in [2.75, 3.05) is 41.9 Å². The number of hydrogen-bond acceptors (Lipinski definition) is 5. The van der Waals surface area contributed by atoms with Crippen LogP contribution >= 0.6 is 0 Å². The van der Waals surface area contributed by atoms with E-state index in [2.05, 4.69) is 0 Å². The van der Waals surface area contributed by atoms with E-state index >= 15 is 0 Å². The number of sulfonamides is 1. The lowest BCUT2D eigenvalue weighted by atomic mass is 10.3. The molecule has 0 unspecified atom stereocenters. The maximum absolute atomic E-state index is 14.1. The van der Waals surface area contributed by atoms with Crippen LogP contribution in [0.4, 0.5) is 4.39 Å². The Bertz CT molecular complexity index is 661. The summed E-state index contributed by atoms with van der Waals surface area (Å²) >= 11 is 0. The van der Waals surface area contributed by atoms with Gasteiger partial charge in [-0.3, -0.25) is 4.79 Å². The summed E-state index contributed by atoms with van der Waals surface area (Å²) in [6, 6.07) is 1.95. The number of carbonyl (C=O) groups is 1. The third-order valence-corrected chi connectivity index (χ3v) is 4.80. The minimum Gasteiger partial charge on any atom is -0.493 e. The minimum atomic E-state index is -4.18. The highest BCUT2D eigenvalue weighted by molar-refractivity contribution is 7.89. The molecule has 0 spiro atoms. The average molecular weight is 334 g/mol. The van der Waals surface area contributed by atoms with E-state index in [-0.39, 0.29) is 11.5 Å². The summed E-state index contributed by atoms with van der Waals surface area (Å²) in [5.74, 6) is -1.26. The minimum absolute atomic E-state index is 0.0750. The monoisotopic (exact) mass is 334 g/mol. The summed E-state index contributed by atoms with van der Waals surface area (Å²) in [7, 11) is 2.64. The molecule has 1 amide bonds. The molecule has 0 aliphatic heterocycles. The number of amides is 1. The zero-order valence-electron chi connectivity index (χ0n) is 13.1. The first kappa shape index (κ1) is 18.2. The smallest absolute Gasteiger partial charge is 0.246 e. The molecule has 0 atom stereocenters. The van der Waals surface area contributed by atoms with Crippen molar-refractivity contribution in [3.63, 3.8) is 0 Å². The molecule has 124 valence electrons. The van der Waals surface area contributed by atoms with Crippen molar-refractivity contribution in [3.8, 4) is 11.5 Å². The van der Waals surface area contributed by atoms with E-state index in [4.69, 9.17) is 9.47 Å². The lowest BCUT2D eigenvalue weighted by molar-refractivity contribution is -0.128. The highest BCUT2D eigenvalue weighted by Crippen LogP contribution is 2.32. The van der Waals surface area contributed by atoms with E-state index in [1.165, 1.54) is 40.3 Å². The zero-order chi connectivity index (χ0) is 17.1. The van der Waals surface area contributed by atoms with E-state index in [9.17, 15) is 17.6 Å². The molecule has 0 saturated heterocycles. The number of hydrogen-bond donors (Lipinski definition) is 0. The second-order valence-electron chi connectivity index (χ2n) is 4.69. The van der Waals surface area contributed by atoms with E-state index in [1.54, 1.807) is 0 Å². The zero-order valence-corrected chi connectivity index (χ0v) is 13.9. The van der Waals surface area contributed by atoms with E-state index in [1.807, 2.05) is 0 Å². The second kappa shape index (κ2) is 6.93. The summed E-state index contributed by atoms with van der Waals surface area (Å²) in [5, 5.41) is 0. The maximum Gasteiger partial charge on any atom is 0.246 e. The van der Waals surface area contributed by atoms with Crippen LogP contribution in [0.25, 0.3) is 0 Å². The number of benzene rings is 1. The number of methoxy groups -OCH3 is 2. The molecule has 0 radical (unpaired) electrons. The van der Waals surface area contributed by atoms with E-state index in [0.717, 1.165) is 16.4 Å². The van der Waals surface area contributed by atoms with Crippen LogP contribution in [0.1, 0.15) is 0 Å². The standard InChI is InChI=1S/C13H19FN2O5S/c1-15(2)13(17)8-16(3)22(18,19)12-7-11(21-5)10(20-4)6-9(12)14/h6-7H,8H2,1-5H3. The molecular formula is C13H19FN2O5S. The SMILES string of the molecule is COc1cc(F)c(S(=O)(=O)N(C)CC(=O)N(C)C)cc1OC. The molecule has 1 aromatic carbocycles. The summed E-state index contributed by atoms with van der Waals surface area (Å²) in [6.45, 7) is -0.400. The van der Waals surface area contributed by atoms with Crippen LogP contribution < -0.4 is 9.47 Å². The highest BCUT2D eigenvalue weighted by atomic mass is 32.2. The molecular weight excluding hydrogens is 315 g/mol. The van der Waals surface area contributed by atoms with Gasteiger partial charge in [0.1, 0.15) is 10.7 Å². The Balaban J connectivity index is 3.25. The summed E-state index contributed by atoms with van der Waals surface area (Å²) in [5.41, 5.74) is 0. The Labute approximate surface area is 129 Å². The molecule has 0 aliphatic carbocycles. The Kier molecular flexibility index (Phi) is 5.72. The fraction of sp³-hybridized carbons (Fsp3) is 0.462. The Hall–Kier alpha value is -1.87. The Morgan fingerprint density at radius 2 is 1.64 bits per heavy atom. The van der Waals surface area contributed by atoms with Crippen molar-refractivity contribution in [2.24, 2.45) is 0 Å². The van der Waals surface area contributed by atoms with E-state index in [0.29, 0.717) is 0 Å². The van der Waals surface area contributed by atoms with Gasteiger partial charge in [-0.05, 0) is 0 Å². The Morgan fingerprint density at radius 3 is 2.09 bits per heavy atom. The molecule has 7 nitrogen and oxygen atoms in total. The van der Waals surface area contributed by atoms with Crippen LogP contribution in [0.15, 0.2) is 17.0 Å². The second-order valence-corrected chi connectivity index (χ2v) is 6.70. The first-order valence-electron chi connectivity index (χ1n) is 6.23. The predicted octanol–water partition coefficient (Wildman–Crippen LogP) is 0.552. The molecule has 22 heavy (non-hydrogen) atoms. The first-order valence-corrected chi connectivity index (χ1v) is 7.67. The first-order chi connectivity index (χ1) is 10.1. The van der Waals surface area contributed by atoms with Gasteiger partial charge >= 0.3 is 0 Å². The van der Waals surface area contributed by atoms with Crippen molar-refractivity contribution in [3.05, 3.63) is 17.9 Å². The highest BCUT2D eigenvalue weighted by Gasteiger charge is 2.28. The number of ether oxygens (including phenoxy) is 2. The normalized spacial score (nSPS) is 11.4. The molecule has 9 heteroatoms. The van der Waals surface area contributed by atoms with Crippen LogP contribution in [-0.2, 0) is 14.8 Å². The molecule has 1 rings (SSSR count). The van der Waals surface area contributed by atoms with Gasteiger partial charge in [0, 0.05) is 33.3 Å². The summed E-state index contributed by atoms with van der Waals surface area (Å²) in [4.78, 5) is 12.3. The van der Waals surface area contributed by atoms with Crippen molar-refractivity contribution >= 4 is 15.9 Å². The number of likely N-dealkylation sites (N-methyl/N-ethyl adjacent to an activating group) is 2.